The molecule has 160 valence electrons. The zero-order chi connectivity index (χ0) is 21.8. The number of ether oxygens (including phenoxy) is 2. The summed E-state index contributed by atoms with van der Waals surface area (Å²) < 4.78 is 10.0. The van der Waals surface area contributed by atoms with Gasteiger partial charge in [-0.15, -0.1) is 0 Å². The van der Waals surface area contributed by atoms with Gasteiger partial charge in [0.2, 0.25) is 5.91 Å². The van der Waals surface area contributed by atoms with Gasteiger partial charge in [-0.2, -0.15) is 0 Å². The first-order valence-electron chi connectivity index (χ1n) is 9.92. The highest BCUT2D eigenvalue weighted by atomic mass is 16.5. The summed E-state index contributed by atoms with van der Waals surface area (Å²) in [5.74, 6) is -1.01. The molecule has 2 aromatic rings. The first kappa shape index (κ1) is 22.9. The molecule has 2 N–H and O–H groups in total. The molecule has 30 heavy (non-hydrogen) atoms. The second kappa shape index (κ2) is 12.3. The highest BCUT2D eigenvalue weighted by Gasteiger charge is 2.27. The molecule has 2 amide bonds. The molecule has 7 heteroatoms. The summed E-state index contributed by atoms with van der Waals surface area (Å²) in [6.07, 6.45) is 0.672. The molecule has 7 nitrogen and oxygen atoms in total. The van der Waals surface area contributed by atoms with Crippen LogP contribution in [0.3, 0.4) is 0 Å². The van der Waals surface area contributed by atoms with E-state index in [-0.39, 0.29) is 13.0 Å². The van der Waals surface area contributed by atoms with Crippen molar-refractivity contribution in [3.8, 4) is 0 Å². The predicted molar refractivity (Wildman–Crippen MR) is 113 cm³/mol. The normalized spacial score (nSPS) is 12.3. The monoisotopic (exact) mass is 412 g/mol. The van der Waals surface area contributed by atoms with Gasteiger partial charge in [0.25, 0.3) is 0 Å². The molecule has 0 unspecified atom stereocenters. The standard InChI is InChI=1S/C23H28N2O5/c1-3-10-19(25-23(28)30-16-18-13-8-5-9-14-18)21(26)24-20(22(27)29-2)15-17-11-6-4-7-12-17/h4-9,11-14,19-20H,3,10,15-16H2,1-2H3,(H,24,26)(H,25,28)/t19-,20-/m0/s1. The SMILES string of the molecule is CCC[C@H](NC(=O)OCc1ccccc1)C(=O)N[C@@H](Cc1ccccc1)C(=O)OC. The van der Waals surface area contributed by atoms with Crippen LogP contribution in [0, 0.1) is 0 Å². The van der Waals surface area contributed by atoms with Crippen molar-refractivity contribution in [1.29, 1.82) is 0 Å². The minimum absolute atomic E-state index is 0.103. The number of carbonyl (C=O) groups is 3. The predicted octanol–water partition coefficient (Wildman–Crippen LogP) is 2.98. The molecule has 0 aliphatic heterocycles. The van der Waals surface area contributed by atoms with Crippen molar-refractivity contribution in [3.05, 3.63) is 71.8 Å². The van der Waals surface area contributed by atoms with Crippen molar-refractivity contribution < 1.29 is 23.9 Å². The van der Waals surface area contributed by atoms with Gasteiger partial charge in [-0.1, -0.05) is 74.0 Å². The van der Waals surface area contributed by atoms with E-state index in [0.717, 1.165) is 11.1 Å². The van der Waals surface area contributed by atoms with Crippen molar-refractivity contribution >= 4 is 18.0 Å². The number of hydrogen-bond acceptors (Lipinski definition) is 5. The van der Waals surface area contributed by atoms with E-state index >= 15 is 0 Å². The van der Waals surface area contributed by atoms with E-state index in [1.54, 1.807) is 0 Å². The van der Waals surface area contributed by atoms with Gasteiger partial charge in [-0.3, -0.25) is 4.79 Å². The molecule has 0 aliphatic rings. The Morgan fingerprint density at radius 3 is 2.03 bits per heavy atom. The molecule has 2 rings (SSSR count). The molecule has 0 spiro atoms. The fraction of sp³-hybridized carbons (Fsp3) is 0.348. The van der Waals surface area contributed by atoms with Gasteiger partial charge in [0, 0.05) is 6.42 Å². The molecule has 2 aromatic carbocycles. The van der Waals surface area contributed by atoms with Gasteiger partial charge < -0.3 is 20.1 Å². The minimum atomic E-state index is -0.855. The maximum atomic E-state index is 12.8. The maximum absolute atomic E-state index is 12.8. The molecule has 0 saturated heterocycles. The van der Waals surface area contributed by atoms with Gasteiger partial charge >= 0.3 is 12.1 Å². The number of esters is 1. The summed E-state index contributed by atoms with van der Waals surface area (Å²) in [6, 6.07) is 16.9. The van der Waals surface area contributed by atoms with Gasteiger partial charge in [0.1, 0.15) is 18.7 Å². The number of carbonyl (C=O) groups excluding carboxylic acids is 3. The van der Waals surface area contributed by atoms with Crippen LogP contribution in [0.4, 0.5) is 4.79 Å². The number of hydrogen-bond donors (Lipinski definition) is 2. The third-order valence-corrected chi connectivity index (χ3v) is 4.48. The van der Waals surface area contributed by atoms with Crippen molar-refractivity contribution in [1.82, 2.24) is 10.6 Å². The summed E-state index contributed by atoms with van der Waals surface area (Å²) in [5.41, 5.74) is 1.73. The fourth-order valence-corrected chi connectivity index (χ4v) is 2.92. The smallest absolute Gasteiger partial charge is 0.408 e. The Balaban J connectivity index is 1.97. The number of amides is 2. The number of methoxy groups -OCH3 is 1. The van der Waals surface area contributed by atoms with E-state index < -0.39 is 30.1 Å². The molecule has 0 radical (unpaired) electrons. The van der Waals surface area contributed by atoms with E-state index in [4.69, 9.17) is 9.47 Å². The minimum Gasteiger partial charge on any atom is -0.467 e. The van der Waals surface area contributed by atoms with Gasteiger partial charge in [-0.05, 0) is 17.5 Å². The van der Waals surface area contributed by atoms with Crippen LogP contribution in [-0.4, -0.2) is 37.2 Å². The van der Waals surface area contributed by atoms with Crippen LogP contribution < -0.4 is 10.6 Å². The highest BCUT2D eigenvalue weighted by Crippen LogP contribution is 2.07. The molecule has 0 fully saturated rings. The highest BCUT2D eigenvalue weighted by molar-refractivity contribution is 5.89. The summed E-state index contributed by atoms with van der Waals surface area (Å²) in [6.45, 7) is 2.00. The van der Waals surface area contributed by atoms with Crippen molar-refractivity contribution in [2.45, 2.75) is 44.9 Å². The lowest BCUT2D eigenvalue weighted by Gasteiger charge is -2.22. The number of benzene rings is 2. The van der Waals surface area contributed by atoms with Crippen LogP contribution in [-0.2, 0) is 32.1 Å². The Morgan fingerprint density at radius 2 is 1.47 bits per heavy atom. The van der Waals surface area contributed by atoms with Crippen molar-refractivity contribution in [2.24, 2.45) is 0 Å². The van der Waals surface area contributed by atoms with E-state index in [2.05, 4.69) is 10.6 Å². The third-order valence-electron chi connectivity index (χ3n) is 4.48. The largest absolute Gasteiger partial charge is 0.467 e. The summed E-state index contributed by atoms with van der Waals surface area (Å²) in [4.78, 5) is 37.1. The van der Waals surface area contributed by atoms with Gasteiger partial charge in [0.05, 0.1) is 7.11 Å². The molecular weight excluding hydrogens is 384 g/mol. The third kappa shape index (κ3) is 7.58. The Hall–Kier alpha value is -3.35. The van der Waals surface area contributed by atoms with Crippen molar-refractivity contribution in [2.75, 3.05) is 7.11 Å². The number of rotatable bonds is 10. The fourth-order valence-electron chi connectivity index (χ4n) is 2.92. The van der Waals surface area contributed by atoms with Gasteiger partial charge in [0.15, 0.2) is 0 Å². The summed E-state index contributed by atoms with van der Waals surface area (Å²) in [7, 11) is 1.27. The molecule has 0 saturated carbocycles. The lowest BCUT2D eigenvalue weighted by Crippen LogP contribution is -2.52. The quantitative estimate of drug-likeness (QED) is 0.585. The number of nitrogens with one attached hydrogen (secondary N) is 2. The lowest BCUT2D eigenvalue weighted by atomic mass is 10.0. The first-order chi connectivity index (χ1) is 14.5. The second-order valence-corrected chi connectivity index (χ2v) is 6.82. The average molecular weight is 412 g/mol. The topological polar surface area (TPSA) is 93.7 Å². The molecule has 2 atom stereocenters. The molecule has 0 heterocycles. The Morgan fingerprint density at radius 1 is 0.867 bits per heavy atom. The second-order valence-electron chi connectivity index (χ2n) is 6.82. The van der Waals surface area contributed by atoms with E-state index in [9.17, 15) is 14.4 Å². The zero-order valence-electron chi connectivity index (χ0n) is 17.3. The van der Waals surface area contributed by atoms with Crippen LogP contribution in [0.15, 0.2) is 60.7 Å². The van der Waals surface area contributed by atoms with Crippen LogP contribution >= 0.6 is 0 Å². The average Bonchev–Trinajstić information content (AvgIpc) is 2.77. The van der Waals surface area contributed by atoms with Crippen LogP contribution in [0.5, 0.6) is 0 Å². The first-order valence-corrected chi connectivity index (χ1v) is 9.92. The molecule has 0 aromatic heterocycles. The van der Waals surface area contributed by atoms with Crippen LogP contribution in [0.1, 0.15) is 30.9 Å². The van der Waals surface area contributed by atoms with E-state index in [1.165, 1.54) is 7.11 Å². The summed E-state index contributed by atoms with van der Waals surface area (Å²) >= 11 is 0. The molecule has 0 bridgehead atoms. The Bertz CT molecular complexity index is 811. The zero-order valence-corrected chi connectivity index (χ0v) is 17.3. The van der Waals surface area contributed by atoms with Gasteiger partial charge in [-0.25, -0.2) is 9.59 Å². The van der Waals surface area contributed by atoms with Crippen LogP contribution in [0.2, 0.25) is 0 Å². The van der Waals surface area contributed by atoms with Crippen LogP contribution in [0.25, 0.3) is 0 Å². The lowest BCUT2D eigenvalue weighted by molar-refractivity contribution is -0.145. The number of alkyl carbamates (subject to hydrolysis) is 1. The molecule has 0 aliphatic carbocycles. The van der Waals surface area contributed by atoms with E-state index in [1.807, 2.05) is 67.6 Å². The maximum Gasteiger partial charge on any atom is 0.408 e. The summed E-state index contributed by atoms with van der Waals surface area (Å²) in [5, 5.41) is 5.29. The van der Waals surface area contributed by atoms with Crippen molar-refractivity contribution in [3.63, 3.8) is 0 Å². The molecular formula is C23H28N2O5. The Labute approximate surface area is 176 Å². The Kier molecular flexibility index (Phi) is 9.37. The van der Waals surface area contributed by atoms with E-state index in [0.29, 0.717) is 12.8 Å².